The summed E-state index contributed by atoms with van der Waals surface area (Å²) in [5.41, 5.74) is 0.755. The van der Waals surface area contributed by atoms with E-state index < -0.39 is 0 Å². The van der Waals surface area contributed by atoms with E-state index in [-0.39, 0.29) is 17.8 Å². The summed E-state index contributed by atoms with van der Waals surface area (Å²) < 4.78 is 6.92. The molecule has 1 saturated heterocycles. The number of esters is 1. The summed E-state index contributed by atoms with van der Waals surface area (Å²) in [4.78, 5) is 26.2. The van der Waals surface area contributed by atoms with E-state index in [1.54, 1.807) is 4.90 Å². The minimum absolute atomic E-state index is 0.0421. The van der Waals surface area contributed by atoms with E-state index in [1.807, 2.05) is 18.3 Å². The highest BCUT2D eigenvalue weighted by atomic mass is 16.5. The first-order valence-corrected chi connectivity index (χ1v) is 7.74. The number of carbonyl (C=O) groups is 2. The Balaban J connectivity index is 1.72. The van der Waals surface area contributed by atoms with Gasteiger partial charge in [0.2, 0.25) is 0 Å². The molecule has 5 heteroatoms. The largest absolute Gasteiger partial charge is 0.469 e. The highest BCUT2D eigenvalue weighted by Gasteiger charge is 2.31. The third-order valence-electron chi connectivity index (χ3n) is 4.71. The van der Waals surface area contributed by atoms with Gasteiger partial charge in [-0.1, -0.05) is 0 Å². The summed E-state index contributed by atoms with van der Waals surface area (Å²) in [6, 6.07) is 4.30. The standard InChI is InChI=1S/C16H22N2O3/c1-21-16(20)12-5-3-9-17(11-12)15(19)14-8-4-10-18(14)13-6-2-7-13/h4,8,10,12-13H,2-3,5-7,9,11H2,1H3. The number of hydrogen-bond acceptors (Lipinski definition) is 3. The van der Waals surface area contributed by atoms with Crippen LogP contribution in [0.4, 0.5) is 0 Å². The number of ether oxygens (including phenoxy) is 1. The molecule has 3 rings (SSSR count). The molecule has 1 unspecified atom stereocenters. The molecule has 1 aliphatic heterocycles. The first-order chi connectivity index (χ1) is 10.2. The smallest absolute Gasteiger partial charge is 0.310 e. The van der Waals surface area contributed by atoms with Gasteiger partial charge < -0.3 is 14.2 Å². The van der Waals surface area contributed by atoms with Crippen LogP contribution in [0, 0.1) is 5.92 Å². The average molecular weight is 290 g/mol. The molecule has 114 valence electrons. The van der Waals surface area contributed by atoms with Gasteiger partial charge in [-0.2, -0.15) is 0 Å². The molecule has 1 amide bonds. The Morgan fingerprint density at radius 2 is 2.05 bits per heavy atom. The molecule has 0 radical (unpaired) electrons. The number of piperidine rings is 1. The first kappa shape index (κ1) is 14.2. The van der Waals surface area contributed by atoms with Crippen molar-refractivity contribution in [3.63, 3.8) is 0 Å². The maximum Gasteiger partial charge on any atom is 0.310 e. The molecular weight excluding hydrogens is 268 g/mol. The SMILES string of the molecule is COC(=O)C1CCCN(C(=O)c2cccn2C2CCC2)C1. The van der Waals surface area contributed by atoms with Gasteiger partial charge in [-0.05, 0) is 44.2 Å². The van der Waals surface area contributed by atoms with Crippen molar-refractivity contribution in [2.75, 3.05) is 20.2 Å². The van der Waals surface area contributed by atoms with E-state index in [2.05, 4.69) is 4.57 Å². The minimum Gasteiger partial charge on any atom is -0.469 e. The molecule has 2 fully saturated rings. The van der Waals surface area contributed by atoms with Crippen LogP contribution in [0.2, 0.25) is 0 Å². The van der Waals surface area contributed by atoms with Crippen molar-refractivity contribution >= 4 is 11.9 Å². The maximum atomic E-state index is 12.7. The summed E-state index contributed by atoms with van der Waals surface area (Å²) >= 11 is 0. The molecule has 0 aromatic carbocycles. The van der Waals surface area contributed by atoms with Gasteiger partial charge in [-0.3, -0.25) is 9.59 Å². The predicted molar refractivity (Wildman–Crippen MR) is 78.0 cm³/mol. The number of amides is 1. The molecule has 21 heavy (non-hydrogen) atoms. The Bertz CT molecular complexity index is 533. The van der Waals surface area contributed by atoms with Gasteiger partial charge in [0, 0.05) is 25.3 Å². The summed E-state index contributed by atoms with van der Waals surface area (Å²) in [7, 11) is 1.41. The summed E-state index contributed by atoms with van der Waals surface area (Å²) in [6.45, 7) is 1.20. The van der Waals surface area contributed by atoms with Gasteiger partial charge in [0.05, 0.1) is 13.0 Å². The lowest BCUT2D eigenvalue weighted by atomic mass is 9.92. The monoisotopic (exact) mass is 290 g/mol. The quantitative estimate of drug-likeness (QED) is 0.802. The number of carbonyl (C=O) groups excluding carboxylic acids is 2. The lowest BCUT2D eigenvalue weighted by molar-refractivity contribution is -0.146. The Kier molecular flexibility index (Phi) is 3.99. The molecule has 1 saturated carbocycles. The topological polar surface area (TPSA) is 51.5 Å². The lowest BCUT2D eigenvalue weighted by Crippen LogP contribution is -2.43. The number of hydrogen-bond donors (Lipinski definition) is 0. The Hall–Kier alpha value is -1.78. The third-order valence-corrected chi connectivity index (χ3v) is 4.71. The summed E-state index contributed by atoms with van der Waals surface area (Å²) in [5, 5.41) is 0. The van der Waals surface area contributed by atoms with Gasteiger partial charge in [0.15, 0.2) is 0 Å². The zero-order valence-corrected chi connectivity index (χ0v) is 12.5. The number of likely N-dealkylation sites (tertiary alicyclic amines) is 1. The molecule has 1 atom stereocenters. The average Bonchev–Trinajstić information content (AvgIpc) is 2.93. The fourth-order valence-electron chi connectivity index (χ4n) is 3.24. The van der Waals surface area contributed by atoms with E-state index >= 15 is 0 Å². The van der Waals surface area contributed by atoms with Gasteiger partial charge in [0.1, 0.15) is 5.69 Å². The fraction of sp³-hybridized carbons (Fsp3) is 0.625. The second-order valence-corrected chi connectivity index (χ2v) is 6.00. The Morgan fingerprint density at radius 3 is 2.71 bits per heavy atom. The van der Waals surface area contributed by atoms with Crippen LogP contribution in [0.3, 0.4) is 0 Å². The number of nitrogens with zero attached hydrogens (tertiary/aromatic N) is 2. The number of rotatable bonds is 3. The van der Waals surface area contributed by atoms with E-state index in [1.165, 1.54) is 13.5 Å². The molecule has 5 nitrogen and oxygen atoms in total. The van der Waals surface area contributed by atoms with Crippen LogP contribution in [0.1, 0.15) is 48.6 Å². The second-order valence-electron chi connectivity index (χ2n) is 6.00. The van der Waals surface area contributed by atoms with Gasteiger partial charge in [-0.25, -0.2) is 0 Å². The summed E-state index contributed by atoms with van der Waals surface area (Å²) in [5.74, 6) is -0.345. The van der Waals surface area contributed by atoms with E-state index in [0.29, 0.717) is 12.6 Å². The molecule has 1 aliphatic carbocycles. The molecule has 2 heterocycles. The molecule has 0 spiro atoms. The lowest BCUT2D eigenvalue weighted by Gasteiger charge is -2.33. The van der Waals surface area contributed by atoms with Crippen LogP contribution in [0.25, 0.3) is 0 Å². The van der Waals surface area contributed by atoms with Crippen molar-refractivity contribution in [3.05, 3.63) is 24.0 Å². The third kappa shape index (κ3) is 2.69. The zero-order valence-electron chi connectivity index (χ0n) is 12.5. The first-order valence-electron chi connectivity index (χ1n) is 7.74. The van der Waals surface area contributed by atoms with Crippen molar-refractivity contribution in [1.82, 2.24) is 9.47 Å². The molecule has 0 bridgehead atoms. The predicted octanol–water partition coefficient (Wildman–Crippen LogP) is 2.24. The molecule has 1 aromatic rings. The van der Waals surface area contributed by atoms with E-state index in [4.69, 9.17) is 4.74 Å². The molecule has 0 N–H and O–H groups in total. The molecule has 2 aliphatic rings. The highest BCUT2D eigenvalue weighted by molar-refractivity contribution is 5.93. The van der Waals surface area contributed by atoms with Crippen molar-refractivity contribution in [1.29, 1.82) is 0 Å². The second kappa shape index (κ2) is 5.92. The van der Waals surface area contributed by atoms with Crippen LogP contribution in [0.15, 0.2) is 18.3 Å². The van der Waals surface area contributed by atoms with Gasteiger partial charge in [-0.15, -0.1) is 0 Å². The maximum absolute atomic E-state index is 12.7. The summed E-state index contributed by atoms with van der Waals surface area (Å²) in [6.07, 6.45) is 7.21. The highest BCUT2D eigenvalue weighted by Crippen LogP contribution is 2.33. The molecular formula is C16H22N2O3. The number of methoxy groups -OCH3 is 1. The van der Waals surface area contributed by atoms with Crippen molar-refractivity contribution in [2.45, 2.75) is 38.1 Å². The van der Waals surface area contributed by atoms with Crippen LogP contribution in [-0.4, -0.2) is 41.5 Å². The van der Waals surface area contributed by atoms with Crippen LogP contribution in [0.5, 0.6) is 0 Å². The van der Waals surface area contributed by atoms with Gasteiger partial charge in [0.25, 0.3) is 5.91 Å². The van der Waals surface area contributed by atoms with Crippen molar-refractivity contribution < 1.29 is 14.3 Å². The Morgan fingerprint density at radius 1 is 1.24 bits per heavy atom. The zero-order chi connectivity index (χ0) is 14.8. The Labute approximate surface area is 124 Å². The van der Waals surface area contributed by atoms with E-state index in [0.717, 1.165) is 37.9 Å². The number of aromatic nitrogens is 1. The minimum atomic E-state index is -0.207. The van der Waals surface area contributed by atoms with Crippen LogP contribution in [-0.2, 0) is 9.53 Å². The van der Waals surface area contributed by atoms with Crippen LogP contribution >= 0.6 is 0 Å². The molecule has 1 aromatic heterocycles. The van der Waals surface area contributed by atoms with Gasteiger partial charge >= 0.3 is 5.97 Å². The fourth-order valence-corrected chi connectivity index (χ4v) is 3.24. The van der Waals surface area contributed by atoms with Crippen molar-refractivity contribution in [2.24, 2.45) is 5.92 Å². The normalized spacial score (nSPS) is 22.7. The van der Waals surface area contributed by atoms with Crippen molar-refractivity contribution in [3.8, 4) is 0 Å². The van der Waals surface area contributed by atoms with Crippen LogP contribution < -0.4 is 0 Å². The van der Waals surface area contributed by atoms with E-state index in [9.17, 15) is 9.59 Å².